The smallest absolute Gasteiger partial charge is 0.166 e. The second-order valence-electron chi connectivity index (χ2n) is 4.04. The minimum absolute atomic E-state index is 0.0108. The molecular weight excluding hydrogens is 318 g/mol. The maximum Gasteiger partial charge on any atom is 0.166 e. The summed E-state index contributed by atoms with van der Waals surface area (Å²) in [6.07, 6.45) is -0.749. The van der Waals surface area contributed by atoms with Crippen LogP contribution in [-0.2, 0) is 0 Å². The second kappa shape index (κ2) is 5.67. The third-order valence-electron chi connectivity index (χ3n) is 2.55. The number of aliphatic hydroxyl groups is 1. The Morgan fingerprint density at radius 3 is 2.37 bits per heavy atom. The molecule has 5 heteroatoms. The highest BCUT2D eigenvalue weighted by molar-refractivity contribution is 9.10. The molecule has 0 aromatic heterocycles. The summed E-state index contributed by atoms with van der Waals surface area (Å²) in [5.41, 5.74) is 0.461. The molecule has 0 aliphatic rings. The fraction of sp³-hybridized carbons (Fsp3) is 0.143. The lowest BCUT2D eigenvalue weighted by atomic mass is 10.1. The molecule has 0 heterocycles. The predicted molar refractivity (Wildman–Crippen MR) is 71.2 cm³/mol. The van der Waals surface area contributed by atoms with Crippen molar-refractivity contribution in [2.45, 2.75) is 13.0 Å². The fourth-order valence-electron chi connectivity index (χ4n) is 1.54. The van der Waals surface area contributed by atoms with E-state index >= 15 is 0 Å². The molecule has 2 rings (SSSR count). The Hall–Kier alpha value is -1.46. The maximum atomic E-state index is 13.8. The van der Waals surface area contributed by atoms with E-state index in [1.807, 2.05) is 0 Å². The highest BCUT2D eigenvalue weighted by Crippen LogP contribution is 2.32. The first-order valence-electron chi connectivity index (χ1n) is 5.58. The summed E-state index contributed by atoms with van der Waals surface area (Å²) < 4.78 is 32.5. The average molecular weight is 329 g/mol. The van der Waals surface area contributed by atoms with Gasteiger partial charge in [0.1, 0.15) is 11.6 Å². The van der Waals surface area contributed by atoms with Crippen molar-refractivity contribution in [3.8, 4) is 11.5 Å². The molecule has 1 N–H and O–H groups in total. The third kappa shape index (κ3) is 3.30. The highest BCUT2D eigenvalue weighted by Gasteiger charge is 2.10. The van der Waals surface area contributed by atoms with Crippen molar-refractivity contribution >= 4 is 15.9 Å². The van der Waals surface area contributed by atoms with Gasteiger partial charge in [-0.25, -0.2) is 8.78 Å². The molecule has 0 saturated heterocycles. The summed E-state index contributed by atoms with van der Waals surface area (Å²) in [5.74, 6) is -0.680. The van der Waals surface area contributed by atoms with Gasteiger partial charge in [0.05, 0.1) is 10.6 Å². The molecule has 0 bridgehead atoms. The van der Waals surface area contributed by atoms with Gasteiger partial charge in [-0.1, -0.05) is 6.07 Å². The molecule has 0 saturated carbocycles. The van der Waals surface area contributed by atoms with Crippen LogP contribution in [0.25, 0.3) is 0 Å². The molecule has 2 nitrogen and oxygen atoms in total. The van der Waals surface area contributed by atoms with Crippen molar-refractivity contribution in [3.63, 3.8) is 0 Å². The molecular formula is C14H11BrF2O2. The highest BCUT2D eigenvalue weighted by atomic mass is 79.9. The van der Waals surface area contributed by atoms with E-state index in [0.717, 1.165) is 0 Å². The number of hydrogen-bond acceptors (Lipinski definition) is 2. The van der Waals surface area contributed by atoms with E-state index in [9.17, 15) is 13.9 Å². The van der Waals surface area contributed by atoms with Gasteiger partial charge in [0.15, 0.2) is 11.6 Å². The van der Waals surface area contributed by atoms with E-state index in [-0.39, 0.29) is 5.75 Å². The van der Waals surface area contributed by atoms with Crippen molar-refractivity contribution in [1.82, 2.24) is 0 Å². The molecule has 2 aromatic rings. The Kier molecular flexibility index (Phi) is 4.17. The molecule has 0 spiro atoms. The van der Waals surface area contributed by atoms with Crippen LogP contribution in [0.3, 0.4) is 0 Å². The van der Waals surface area contributed by atoms with E-state index in [2.05, 4.69) is 15.9 Å². The lowest BCUT2D eigenvalue weighted by Crippen LogP contribution is -1.95. The summed E-state index contributed by atoms with van der Waals surface area (Å²) in [4.78, 5) is 0. The van der Waals surface area contributed by atoms with Crippen LogP contribution in [0.15, 0.2) is 40.9 Å². The normalized spacial score (nSPS) is 12.3. The van der Waals surface area contributed by atoms with Gasteiger partial charge in [-0.05, 0) is 58.7 Å². The zero-order valence-electron chi connectivity index (χ0n) is 10.0. The number of halogens is 3. The largest absolute Gasteiger partial charge is 0.453 e. The van der Waals surface area contributed by atoms with Crippen LogP contribution in [0.1, 0.15) is 18.6 Å². The van der Waals surface area contributed by atoms with Gasteiger partial charge in [-0.3, -0.25) is 0 Å². The van der Waals surface area contributed by atoms with Crippen LogP contribution in [0.2, 0.25) is 0 Å². The number of rotatable bonds is 3. The van der Waals surface area contributed by atoms with Crippen LogP contribution >= 0.6 is 15.9 Å². The number of ether oxygens (including phenoxy) is 1. The topological polar surface area (TPSA) is 29.5 Å². The Balaban J connectivity index is 2.28. The monoisotopic (exact) mass is 328 g/mol. The zero-order valence-corrected chi connectivity index (χ0v) is 11.6. The minimum Gasteiger partial charge on any atom is -0.453 e. The fourth-order valence-corrected chi connectivity index (χ4v) is 1.97. The van der Waals surface area contributed by atoms with Crippen LogP contribution in [0, 0.1) is 11.6 Å². The standard InChI is InChI=1S/C14H11BrF2O2/c1-8(18)9-2-4-14(12(17)6-9)19-13-5-3-10(16)7-11(13)15/h2-8,18H,1H3/t8-/m0/s1. The van der Waals surface area contributed by atoms with E-state index in [1.165, 1.54) is 30.3 Å². The lowest BCUT2D eigenvalue weighted by molar-refractivity contribution is 0.198. The Morgan fingerprint density at radius 2 is 1.79 bits per heavy atom. The third-order valence-corrected chi connectivity index (χ3v) is 3.17. The van der Waals surface area contributed by atoms with Gasteiger partial charge in [0.25, 0.3) is 0 Å². The molecule has 0 amide bonds. The van der Waals surface area contributed by atoms with Gasteiger partial charge >= 0.3 is 0 Å². The maximum absolute atomic E-state index is 13.8. The first-order chi connectivity index (χ1) is 8.97. The second-order valence-corrected chi connectivity index (χ2v) is 4.90. The zero-order chi connectivity index (χ0) is 14.0. The lowest BCUT2D eigenvalue weighted by Gasteiger charge is -2.11. The number of aliphatic hydroxyl groups excluding tert-OH is 1. The van der Waals surface area contributed by atoms with Crippen LogP contribution < -0.4 is 4.74 Å². The minimum atomic E-state index is -0.749. The van der Waals surface area contributed by atoms with Crippen molar-refractivity contribution in [1.29, 1.82) is 0 Å². The molecule has 0 radical (unpaired) electrons. The molecule has 0 aliphatic carbocycles. The first kappa shape index (κ1) is 14.0. The van der Waals surface area contributed by atoms with Crippen molar-refractivity contribution in [3.05, 3.63) is 58.1 Å². The summed E-state index contributed by atoms with van der Waals surface area (Å²) in [6.45, 7) is 1.55. The Labute approximate surface area is 117 Å². The summed E-state index contributed by atoms with van der Waals surface area (Å²) >= 11 is 3.14. The van der Waals surface area contributed by atoms with Crippen molar-refractivity contribution in [2.24, 2.45) is 0 Å². The van der Waals surface area contributed by atoms with Gasteiger partial charge in [0.2, 0.25) is 0 Å². The molecule has 19 heavy (non-hydrogen) atoms. The van der Waals surface area contributed by atoms with E-state index in [0.29, 0.717) is 15.8 Å². The van der Waals surface area contributed by atoms with Gasteiger partial charge in [-0.15, -0.1) is 0 Å². The molecule has 0 fully saturated rings. The van der Waals surface area contributed by atoms with Gasteiger partial charge in [-0.2, -0.15) is 0 Å². The molecule has 2 aromatic carbocycles. The molecule has 100 valence electrons. The van der Waals surface area contributed by atoms with Crippen LogP contribution in [0.4, 0.5) is 8.78 Å². The number of benzene rings is 2. The van der Waals surface area contributed by atoms with Gasteiger partial charge < -0.3 is 9.84 Å². The van der Waals surface area contributed by atoms with Gasteiger partial charge in [0, 0.05) is 0 Å². The molecule has 1 atom stereocenters. The quantitative estimate of drug-likeness (QED) is 0.894. The summed E-state index contributed by atoms with van der Waals surface area (Å²) in [7, 11) is 0. The van der Waals surface area contributed by atoms with E-state index in [4.69, 9.17) is 4.74 Å². The summed E-state index contributed by atoms with van der Waals surface area (Å²) in [5, 5.41) is 9.35. The molecule has 0 unspecified atom stereocenters. The van der Waals surface area contributed by atoms with E-state index in [1.54, 1.807) is 13.0 Å². The summed E-state index contributed by atoms with van der Waals surface area (Å²) in [6, 6.07) is 8.06. The Bertz CT molecular complexity index is 600. The first-order valence-corrected chi connectivity index (χ1v) is 6.37. The number of hydrogen-bond donors (Lipinski definition) is 1. The van der Waals surface area contributed by atoms with E-state index < -0.39 is 17.7 Å². The van der Waals surface area contributed by atoms with Crippen molar-refractivity contribution in [2.75, 3.05) is 0 Å². The van der Waals surface area contributed by atoms with Crippen LogP contribution in [0.5, 0.6) is 11.5 Å². The van der Waals surface area contributed by atoms with Crippen molar-refractivity contribution < 1.29 is 18.6 Å². The SMILES string of the molecule is C[C@H](O)c1ccc(Oc2ccc(F)cc2Br)c(F)c1. The Morgan fingerprint density at radius 1 is 1.11 bits per heavy atom. The average Bonchev–Trinajstić information content (AvgIpc) is 2.34. The van der Waals surface area contributed by atoms with Crippen LogP contribution in [-0.4, -0.2) is 5.11 Å². The predicted octanol–water partition coefficient (Wildman–Crippen LogP) is 4.57. The molecule has 0 aliphatic heterocycles.